The van der Waals surface area contributed by atoms with Crippen molar-refractivity contribution in [3.63, 3.8) is 0 Å². The zero-order chi connectivity index (χ0) is 23.6. The van der Waals surface area contributed by atoms with Crippen molar-refractivity contribution in [2.45, 2.75) is 6.61 Å². The molecule has 0 aliphatic rings. The van der Waals surface area contributed by atoms with E-state index in [1.54, 1.807) is 6.20 Å². The van der Waals surface area contributed by atoms with Crippen LogP contribution in [0.2, 0.25) is 15.1 Å². The minimum atomic E-state index is 0.276. The Hall–Kier alpha value is -3.61. The molecule has 0 saturated carbocycles. The Labute approximate surface area is 206 Å². The Morgan fingerprint density at radius 3 is 1.79 bits per heavy atom. The van der Waals surface area contributed by atoms with E-state index in [1.807, 2.05) is 60.7 Å². The summed E-state index contributed by atoms with van der Waals surface area (Å²) in [5.41, 5.74) is 3.42. The number of hydrogen-bond acceptors (Lipinski definition) is 5. The first-order valence-electron chi connectivity index (χ1n) is 9.53. The maximum absolute atomic E-state index is 9.24. The van der Waals surface area contributed by atoms with Crippen molar-refractivity contribution in [3.8, 4) is 29.0 Å². The highest BCUT2D eigenvalue weighted by Crippen LogP contribution is 2.29. The summed E-state index contributed by atoms with van der Waals surface area (Å²) >= 11 is 17.1. The maximum atomic E-state index is 9.24. The predicted octanol–water partition coefficient (Wildman–Crippen LogP) is 7.11. The van der Waals surface area contributed by atoms with Gasteiger partial charge in [-0.25, -0.2) is 0 Å². The van der Waals surface area contributed by atoms with Crippen LogP contribution < -0.4 is 4.74 Å². The summed E-state index contributed by atoms with van der Waals surface area (Å²) < 4.78 is 5.76. The highest BCUT2D eigenvalue weighted by atomic mass is 35.5. The van der Waals surface area contributed by atoms with E-state index in [1.165, 1.54) is 18.6 Å². The largest absolute Gasteiger partial charge is 0.489 e. The average molecular weight is 494 g/mol. The van der Waals surface area contributed by atoms with Crippen LogP contribution >= 0.6 is 34.8 Å². The third-order valence-electron chi connectivity index (χ3n) is 4.39. The van der Waals surface area contributed by atoms with Gasteiger partial charge < -0.3 is 4.74 Å². The first-order valence-corrected chi connectivity index (χ1v) is 10.7. The molecule has 0 atom stereocenters. The van der Waals surface area contributed by atoms with Gasteiger partial charge in [-0.1, -0.05) is 77.3 Å². The minimum Gasteiger partial charge on any atom is -0.489 e. The fraction of sp³-hybridized carbons (Fsp3) is 0.0400. The van der Waals surface area contributed by atoms with Crippen LogP contribution in [-0.4, -0.2) is 9.97 Å². The van der Waals surface area contributed by atoms with E-state index < -0.39 is 0 Å². The highest BCUT2D eigenvalue weighted by Gasteiger charge is 2.09. The lowest BCUT2D eigenvalue weighted by Gasteiger charge is -2.08. The summed E-state index contributed by atoms with van der Waals surface area (Å²) in [7, 11) is 0. The molecule has 0 aliphatic heterocycles. The maximum Gasteiger partial charge on any atom is 0.119 e. The topological polar surface area (TPSA) is 82.6 Å². The van der Waals surface area contributed by atoms with Gasteiger partial charge in [0.1, 0.15) is 24.5 Å². The summed E-state index contributed by atoms with van der Waals surface area (Å²) in [6.07, 6.45) is 5.88. The van der Waals surface area contributed by atoms with E-state index in [0.29, 0.717) is 17.2 Å². The van der Waals surface area contributed by atoms with Crippen molar-refractivity contribution in [1.29, 1.82) is 10.5 Å². The van der Waals surface area contributed by atoms with Crippen molar-refractivity contribution in [1.82, 2.24) is 9.97 Å². The van der Waals surface area contributed by atoms with Crippen LogP contribution in [0.25, 0.3) is 11.1 Å². The van der Waals surface area contributed by atoms with Crippen LogP contribution in [-0.2, 0) is 6.61 Å². The van der Waals surface area contributed by atoms with Gasteiger partial charge in [0.05, 0.1) is 26.2 Å². The monoisotopic (exact) mass is 492 g/mol. The van der Waals surface area contributed by atoms with E-state index >= 15 is 0 Å². The number of nitrogens with zero attached hydrogens (tertiary/aromatic N) is 4. The molecule has 0 spiro atoms. The Balaban J connectivity index is 0.000000257. The number of rotatable bonds is 4. The molecule has 2 heterocycles. The van der Waals surface area contributed by atoms with Gasteiger partial charge in [0, 0.05) is 30.4 Å². The van der Waals surface area contributed by atoms with E-state index in [2.05, 4.69) is 16.0 Å². The second-order valence-corrected chi connectivity index (χ2v) is 7.77. The van der Waals surface area contributed by atoms with Crippen LogP contribution in [0.5, 0.6) is 5.75 Å². The Bertz CT molecular complexity index is 1290. The number of halogens is 3. The number of hydrogen-bond donors (Lipinski definition) is 0. The minimum absolute atomic E-state index is 0.276. The van der Waals surface area contributed by atoms with Crippen LogP contribution in [0, 0.1) is 22.7 Å². The van der Waals surface area contributed by atoms with Crippen LogP contribution in [0.4, 0.5) is 0 Å². The van der Waals surface area contributed by atoms with Crippen molar-refractivity contribution >= 4 is 34.8 Å². The molecule has 0 bridgehead atoms. The number of nitriles is 2. The number of aromatic nitrogens is 2. The summed E-state index contributed by atoms with van der Waals surface area (Å²) in [5.74, 6) is 0.770. The van der Waals surface area contributed by atoms with Crippen molar-refractivity contribution < 1.29 is 4.74 Å². The molecule has 8 heteroatoms. The van der Waals surface area contributed by atoms with Crippen molar-refractivity contribution in [2.75, 3.05) is 0 Å². The van der Waals surface area contributed by atoms with Gasteiger partial charge in [0.2, 0.25) is 0 Å². The van der Waals surface area contributed by atoms with E-state index in [4.69, 9.17) is 44.8 Å². The second-order valence-electron chi connectivity index (χ2n) is 6.54. The SMILES string of the molecule is N#Cc1c(Cl)cncc1-c1ccc(OCc2ccccc2)cc1.N#Cc1c(Cl)cncc1Cl. The summed E-state index contributed by atoms with van der Waals surface area (Å²) in [4.78, 5) is 7.73. The zero-order valence-electron chi connectivity index (χ0n) is 17.0. The fourth-order valence-electron chi connectivity index (χ4n) is 2.76. The second kappa shape index (κ2) is 11.9. The Morgan fingerprint density at radius 1 is 0.697 bits per heavy atom. The molecule has 2 aromatic carbocycles. The zero-order valence-corrected chi connectivity index (χ0v) is 19.3. The number of ether oxygens (including phenoxy) is 1. The van der Waals surface area contributed by atoms with Crippen molar-refractivity contribution in [3.05, 3.63) is 111 Å². The van der Waals surface area contributed by atoms with Gasteiger partial charge >= 0.3 is 0 Å². The van der Waals surface area contributed by atoms with Gasteiger partial charge in [-0.2, -0.15) is 10.5 Å². The fourth-order valence-corrected chi connectivity index (χ4v) is 3.41. The molecule has 0 saturated heterocycles. The molecule has 4 aromatic rings. The predicted molar refractivity (Wildman–Crippen MR) is 129 cm³/mol. The summed E-state index contributed by atoms with van der Waals surface area (Å²) in [6, 6.07) is 21.5. The molecule has 0 aliphatic carbocycles. The third-order valence-corrected chi connectivity index (χ3v) is 5.25. The van der Waals surface area contributed by atoms with Gasteiger partial charge in [0.25, 0.3) is 0 Å². The van der Waals surface area contributed by atoms with E-state index in [9.17, 15) is 5.26 Å². The summed E-state index contributed by atoms with van der Waals surface area (Å²) in [5, 5.41) is 18.6. The molecule has 0 radical (unpaired) electrons. The molecular formula is C25H15Cl3N4O. The highest BCUT2D eigenvalue weighted by molar-refractivity contribution is 6.36. The van der Waals surface area contributed by atoms with Crippen molar-refractivity contribution in [2.24, 2.45) is 0 Å². The van der Waals surface area contributed by atoms with Crippen LogP contribution in [0.3, 0.4) is 0 Å². The first-order chi connectivity index (χ1) is 16.0. The van der Waals surface area contributed by atoms with Crippen LogP contribution in [0.1, 0.15) is 16.7 Å². The Morgan fingerprint density at radius 2 is 1.24 bits per heavy atom. The van der Waals surface area contributed by atoms with Crippen LogP contribution in [0.15, 0.2) is 79.4 Å². The number of benzene rings is 2. The lowest BCUT2D eigenvalue weighted by Crippen LogP contribution is -1.95. The first kappa shape index (κ1) is 24.0. The normalized spacial score (nSPS) is 9.73. The number of pyridine rings is 2. The molecule has 0 N–H and O–H groups in total. The van der Waals surface area contributed by atoms with E-state index in [-0.39, 0.29) is 15.6 Å². The molecular weight excluding hydrogens is 479 g/mol. The standard InChI is InChI=1S/C19H13ClN2O.C6H2Cl2N2/c20-19-12-22-11-18(17(19)10-21)15-6-8-16(9-7-15)23-13-14-4-2-1-3-5-14;7-5-2-10-3-6(8)4(5)1-9/h1-9,11-12H,13H2;2-3H. The third kappa shape index (κ3) is 6.44. The average Bonchev–Trinajstić information content (AvgIpc) is 2.84. The molecule has 0 amide bonds. The molecule has 4 rings (SSSR count). The van der Waals surface area contributed by atoms with Gasteiger partial charge in [-0.15, -0.1) is 0 Å². The quantitative estimate of drug-likeness (QED) is 0.302. The van der Waals surface area contributed by atoms with Gasteiger partial charge in [-0.3, -0.25) is 9.97 Å². The molecule has 5 nitrogen and oxygen atoms in total. The molecule has 162 valence electrons. The molecule has 2 aromatic heterocycles. The smallest absolute Gasteiger partial charge is 0.119 e. The van der Waals surface area contributed by atoms with Gasteiger partial charge in [-0.05, 0) is 23.3 Å². The van der Waals surface area contributed by atoms with Gasteiger partial charge in [0.15, 0.2) is 0 Å². The Kier molecular flexibility index (Phi) is 8.63. The lowest BCUT2D eigenvalue weighted by molar-refractivity contribution is 0.306. The molecule has 33 heavy (non-hydrogen) atoms. The summed E-state index contributed by atoms with van der Waals surface area (Å²) in [6.45, 7) is 0.516. The lowest BCUT2D eigenvalue weighted by atomic mass is 10.0. The van der Waals surface area contributed by atoms with E-state index in [0.717, 1.165) is 22.4 Å². The molecule has 0 unspecified atom stereocenters. The molecule has 0 fully saturated rings.